The first-order valence-corrected chi connectivity index (χ1v) is 13.5. The monoisotopic (exact) mass is 296 g/mol. The van der Waals surface area contributed by atoms with Gasteiger partial charge in [0.25, 0.3) is 0 Å². The molecule has 19 heavy (non-hydrogen) atoms. The van der Waals surface area contributed by atoms with Gasteiger partial charge >= 0.3 is 124 Å². The second-order valence-corrected chi connectivity index (χ2v) is 16.0. The average Bonchev–Trinajstić information content (AvgIpc) is 2.57. The van der Waals surface area contributed by atoms with Crippen molar-refractivity contribution in [3.63, 3.8) is 0 Å². The second kappa shape index (κ2) is 4.88. The Morgan fingerprint density at radius 1 is 0.789 bits per heavy atom. The molecule has 0 fully saturated rings. The molecule has 0 amide bonds. The van der Waals surface area contributed by atoms with E-state index in [9.17, 15) is 0 Å². The molecule has 2 aliphatic carbocycles. The van der Waals surface area contributed by atoms with Crippen LogP contribution in [-0.2, 0) is 16.6 Å². The van der Waals surface area contributed by atoms with Gasteiger partial charge < -0.3 is 0 Å². The summed E-state index contributed by atoms with van der Waals surface area (Å²) >= 11 is -1.77. The van der Waals surface area contributed by atoms with Crippen LogP contribution in [0.2, 0.25) is 15.7 Å². The number of allylic oxidation sites excluding steroid dienone is 4. The van der Waals surface area contributed by atoms with E-state index in [-0.39, 0.29) is 0 Å². The SMILES string of the molecule is CC1=[C]([Ti]([CH3])([CH3])[CH3])C2=C(C1C)C(C)C(C)C(C)C2C. The maximum absolute atomic E-state index is 2.57. The van der Waals surface area contributed by atoms with E-state index in [0.717, 1.165) is 23.7 Å². The maximum atomic E-state index is 2.57. The van der Waals surface area contributed by atoms with Gasteiger partial charge in [-0.1, -0.05) is 0 Å². The van der Waals surface area contributed by atoms with Crippen molar-refractivity contribution >= 4 is 0 Å². The van der Waals surface area contributed by atoms with Crippen molar-refractivity contribution in [1.82, 2.24) is 0 Å². The minimum absolute atomic E-state index is 0.710. The van der Waals surface area contributed by atoms with Crippen molar-refractivity contribution in [1.29, 1.82) is 0 Å². The first-order chi connectivity index (χ1) is 8.59. The second-order valence-electron chi connectivity index (χ2n) is 8.19. The zero-order valence-corrected chi connectivity index (χ0v) is 15.9. The third kappa shape index (κ3) is 2.24. The molecule has 0 aromatic carbocycles. The molecular weight excluding hydrogens is 264 g/mol. The van der Waals surface area contributed by atoms with Gasteiger partial charge in [0, 0.05) is 0 Å². The molecule has 0 N–H and O–H groups in total. The van der Waals surface area contributed by atoms with Gasteiger partial charge in [0.2, 0.25) is 0 Å². The predicted molar refractivity (Wildman–Crippen MR) is 83.1 cm³/mol. The molecule has 5 unspecified atom stereocenters. The first kappa shape index (κ1) is 15.6. The Hall–Kier alpha value is 0.194. The summed E-state index contributed by atoms with van der Waals surface area (Å²) in [6.45, 7) is 14.8. The van der Waals surface area contributed by atoms with E-state index < -0.39 is 16.6 Å². The van der Waals surface area contributed by atoms with Gasteiger partial charge in [-0.3, -0.25) is 0 Å². The summed E-state index contributed by atoms with van der Waals surface area (Å²) in [6.07, 6.45) is 0. The van der Waals surface area contributed by atoms with Gasteiger partial charge in [-0.15, -0.1) is 0 Å². The van der Waals surface area contributed by atoms with E-state index in [2.05, 4.69) is 57.2 Å². The molecule has 0 spiro atoms. The molecule has 0 radical (unpaired) electrons. The van der Waals surface area contributed by atoms with Gasteiger partial charge in [0.15, 0.2) is 0 Å². The van der Waals surface area contributed by atoms with Crippen molar-refractivity contribution < 1.29 is 16.6 Å². The summed E-state index contributed by atoms with van der Waals surface area (Å²) in [6, 6.07) is 0. The molecule has 1 heteroatoms. The Kier molecular flexibility index (Phi) is 4.00. The van der Waals surface area contributed by atoms with Gasteiger partial charge in [-0.2, -0.15) is 0 Å². The average molecular weight is 296 g/mol. The van der Waals surface area contributed by atoms with Gasteiger partial charge in [0.05, 0.1) is 0 Å². The quantitative estimate of drug-likeness (QED) is 0.516. The summed E-state index contributed by atoms with van der Waals surface area (Å²) in [5.74, 6) is 3.90. The molecule has 0 aliphatic heterocycles. The number of hydrogen-bond acceptors (Lipinski definition) is 0. The van der Waals surface area contributed by atoms with E-state index in [1.807, 2.05) is 15.0 Å². The Labute approximate surface area is 124 Å². The van der Waals surface area contributed by atoms with Crippen molar-refractivity contribution in [3.05, 3.63) is 20.6 Å². The van der Waals surface area contributed by atoms with Crippen molar-refractivity contribution in [2.75, 3.05) is 0 Å². The Morgan fingerprint density at radius 3 is 1.74 bits per heavy atom. The molecule has 2 aliphatic rings. The Bertz CT molecular complexity index is 447. The van der Waals surface area contributed by atoms with Crippen LogP contribution in [0.25, 0.3) is 0 Å². The van der Waals surface area contributed by atoms with Crippen LogP contribution in [0.3, 0.4) is 0 Å². The van der Waals surface area contributed by atoms with Crippen LogP contribution < -0.4 is 0 Å². The minimum atomic E-state index is -1.77. The van der Waals surface area contributed by atoms with Crippen LogP contribution >= 0.6 is 0 Å². The van der Waals surface area contributed by atoms with Crippen molar-refractivity contribution in [3.8, 4) is 0 Å². The zero-order chi connectivity index (χ0) is 14.7. The van der Waals surface area contributed by atoms with E-state index >= 15 is 0 Å². The zero-order valence-electron chi connectivity index (χ0n) is 14.4. The fraction of sp³-hybridized carbons (Fsp3) is 0.778. The molecule has 0 aromatic heterocycles. The van der Waals surface area contributed by atoms with Crippen LogP contribution in [0.5, 0.6) is 0 Å². The first-order valence-electron chi connectivity index (χ1n) is 8.04. The molecule has 0 saturated carbocycles. The Morgan fingerprint density at radius 2 is 1.26 bits per heavy atom. The summed E-state index contributed by atoms with van der Waals surface area (Å²) in [5, 5.41) is 7.71. The number of hydrogen-bond donors (Lipinski definition) is 0. The van der Waals surface area contributed by atoms with E-state index in [4.69, 9.17) is 0 Å². The third-order valence-corrected chi connectivity index (χ3v) is 9.57. The van der Waals surface area contributed by atoms with E-state index in [1.54, 1.807) is 5.57 Å². The summed E-state index contributed by atoms with van der Waals surface area (Å²) < 4.78 is 1.86. The fourth-order valence-corrected chi connectivity index (χ4v) is 8.65. The van der Waals surface area contributed by atoms with E-state index in [1.165, 1.54) is 0 Å². The van der Waals surface area contributed by atoms with Crippen molar-refractivity contribution in [2.24, 2.45) is 29.6 Å². The summed E-state index contributed by atoms with van der Waals surface area (Å²) in [5.41, 5.74) is 5.35. The standard InChI is InChI=1S/C15H23.3CH3.Ti/c1-8-7-14-12(5)10(3)11(4)13(6)15(14)9(8)2;;;;/h9-13H,1-6H3;3*1H3;. The van der Waals surface area contributed by atoms with Gasteiger partial charge in [-0.05, 0) is 0 Å². The fourth-order valence-electron chi connectivity index (χ4n) is 4.62. The molecule has 0 aromatic rings. The number of rotatable bonds is 1. The molecule has 2 rings (SSSR count). The van der Waals surface area contributed by atoms with Crippen LogP contribution in [0.15, 0.2) is 20.6 Å². The van der Waals surface area contributed by atoms with Crippen molar-refractivity contribution in [2.45, 2.75) is 57.2 Å². The molecule has 108 valence electrons. The molecule has 0 bridgehead atoms. The third-order valence-electron chi connectivity index (χ3n) is 6.19. The molecule has 0 saturated heterocycles. The predicted octanol–water partition coefficient (Wildman–Crippen LogP) is 6.06. The van der Waals surface area contributed by atoms with Crippen LogP contribution in [-0.4, -0.2) is 0 Å². The van der Waals surface area contributed by atoms with Crippen LogP contribution in [0.1, 0.15) is 41.5 Å². The topological polar surface area (TPSA) is 0 Å². The Balaban J connectivity index is 2.63. The summed E-state index contributed by atoms with van der Waals surface area (Å²) in [7, 11) is 0. The van der Waals surface area contributed by atoms with Gasteiger partial charge in [0.1, 0.15) is 0 Å². The normalized spacial score (nSPS) is 39.9. The van der Waals surface area contributed by atoms with Crippen LogP contribution in [0, 0.1) is 29.6 Å². The molecule has 0 nitrogen and oxygen atoms in total. The molecular formula is C18H32Ti. The van der Waals surface area contributed by atoms with E-state index in [0.29, 0.717) is 5.92 Å². The van der Waals surface area contributed by atoms with Crippen LogP contribution in [0.4, 0.5) is 0 Å². The molecule has 5 atom stereocenters. The van der Waals surface area contributed by atoms with Gasteiger partial charge in [-0.25, -0.2) is 0 Å². The molecule has 0 heterocycles. The summed E-state index contributed by atoms with van der Waals surface area (Å²) in [4.78, 5) is 0.